The van der Waals surface area contributed by atoms with E-state index >= 15 is 0 Å². The van der Waals surface area contributed by atoms with E-state index in [1.54, 1.807) is 31.1 Å². The summed E-state index contributed by atoms with van der Waals surface area (Å²) in [5.74, 6) is 0.000608. The minimum Gasteiger partial charge on any atom is -0.399 e. The Hall–Kier alpha value is -1.75. The van der Waals surface area contributed by atoms with E-state index in [1.807, 2.05) is 6.07 Å². The molecule has 1 saturated heterocycles. The predicted molar refractivity (Wildman–Crippen MR) is 87.6 cm³/mol. The van der Waals surface area contributed by atoms with Crippen LogP contribution in [0.4, 0.5) is 11.4 Å². The average Bonchev–Trinajstić information content (AvgIpc) is 2.47. The molecule has 1 atom stereocenters. The van der Waals surface area contributed by atoms with Crippen molar-refractivity contribution in [3.05, 3.63) is 23.8 Å². The van der Waals surface area contributed by atoms with Crippen molar-refractivity contribution in [1.82, 2.24) is 9.80 Å². The van der Waals surface area contributed by atoms with Crippen LogP contribution in [0.5, 0.6) is 0 Å². The first-order valence-corrected chi connectivity index (χ1v) is 7.61. The third-order valence-electron chi connectivity index (χ3n) is 3.99. The summed E-state index contributed by atoms with van der Waals surface area (Å²) in [6.45, 7) is 5.43. The molecular weight excluding hydrogens is 264 g/mol. The van der Waals surface area contributed by atoms with Crippen LogP contribution in [-0.4, -0.2) is 55.5 Å². The number of likely N-dealkylation sites (N-methyl/N-ethyl adjacent to an activating group) is 1. The first-order chi connectivity index (χ1) is 10.0. The fourth-order valence-electron chi connectivity index (χ4n) is 2.79. The standard InChI is InChI=1S/C16H26N4O/c1-4-20-9-5-6-13(11-20)18-15-10-12(17)7-8-14(15)16(21)19(2)3/h7-8,10,13,18H,4-6,9,11,17H2,1-3H3. The topological polar surface area (TPSA) is 61.6 Å². The van der Waals surface area contributed by atoms with Gasteiger partial charge >= 0.3 is 0 Å². The van der Waals surface area contributed by atoms with E-state index in [-0.39, 0.29) is 5.91 Å². The largest absolute Gasteiger partial charge is 0.399 e. The molecule has 0 spiro atoms. The third kappa shape index (κ3) is 3.88. The molecule has 0 radical (unpaired) electrons. The number of likely N-dealkylation sites (tertiary alicyclic amines) is 1. The molecule has 0 aliphatic carbocycles. The Bertz CT molecular complexity index is 501. The van der Waals surface area contributed by atoms with Gasteiger partial charge in [0.05, 0.1) is 5.56 Å². The summed E-state index contributed by atoms with van der Waals surface area (Å²) in [4.78, 5) is 16.3. The van der Waals surface area contributed by atoms with Crippen molar-refractivity contribution in [3.63, 3.8) is 0 Å². The van der Waals surface area contributed by atoms with Gasteiger partial charge in [0.1, 0.15) is 0 Å². The fourth-order valence-corrected chi connectivity index (χ4v) is 2.79. The maximum atomic E-state index is 12.3. The smallest absolute Gasteiger partial charge is 0.255 e. The van der Waals surface area contributed by atoms with Gasteiger partial charge in [0, 0.05) is 38.1 Å². The Morgan fingerprint density at radius 1 is 1.48 bits per heavy atom. The molecule has 5 nitrogen and oxygen atoms in total. The summed E-state index contributed by atoms with van der Waals surface area (Å²) in [5.41, 5.74) is 8.09. The van der Waals surface area contributed by atoms with Crippen molar-refractivity contribution >= 4 is 17.3 Å². The number of carbonyl (C=O) groups is 1. The van der Waals surface area contributed by atoms with Crippen molar-refractivity contribution in [2.75, 3.05) is 44.8 Å². The van der Waals surface area contributed by atoms with Gasteiger partial charge in [-0.1, -0.05) is 6.92 Å². The number of hydrogen-bond donors (Lipinski definition) is 2. The molecule has 116 valence electrons. The van der Waals surface area contributed by atoms with Gasteiger partial charge in [-0.3, -0.25) is 4.79 Å². The summed E-state index contributed by atoms with van der Waals surface area (Å²) in [6, 6.07) is 5.82. The number of nitrogen functional groups attached to an aromatic ring is 1. The Balaban J connectivity index is 2.18. The van der Waals surface area contributed by atoms with Gasteiger partial charge in [0.25, 0.3) is 5.91 Å². The molecule has 3 N–H and O–H groups in total. The fraction of sp³-hybridized carbons (Fsp3) is 0.562. The van der Waals surface area contributed by atoms with E-state index in [2.05, 4.69) is 17.1 Å². The number of nitrogens with two attached hydrogens (primary N) is 1. The van der Waals surface area contributed by atoms with E-state index in [9.17, 15) is 4.79 Å². The highest BCUT2D eigenvalue weighted by Crippen LogP contribution is 2.23. The van der Waals surface area contributed by atoms with Gasteiger partial charge in [-0.2, -0.15) is 0 Å². The van der Waals surface area contributed by atoms with Crippen LogP contribution in [0.3, 0.4) is 0 Å². The zero-order valence-corrected chi connectivity index (χ0v) is 13.2. The number of nitrogens with one attached hydrogen (secondary N) is 1. The Morgan fingerprint density at radius 3 is 2.90 bits per heavy atom. The molecule has 1 fully saturated rings. The van der Waals surface area contributed by atoms with Crippen LogP contribution in [0.1, 0.15) is 30.1 Å². The van der Waals surface area contributed by atoms with E-state index in [4.69, 9.17) is 5.73 Å². The average molecular weight is 290 g/mol. The monoisotopic (exact) mass is 290 g/mol. The lowest BCUT2D eigenvalue weighted by molar-refractivity contribution is 0.0828. The van der Waals surface area contributed by atoms with Gasteiger partial charge in [-0.05, 0) is 44.1 Å². The van der Waals surface area contributed by atoms with Crippen LogP contribution in [0, 0.1) is 0 Å². The highest BCUT2D eigenvalue weighted by atomic mass is 16.2. The van der Waals surface area contributed by atoms with Gasteiger partial charge < -0.3 is 20.9 Å². The Kier molecular flexibility index (Phi) is 5.07. The molecule has 0 bridgehead atoms. The molecule has 1 aliphatic rings. The van der Waals surface area contributed by atoms with Crippen LogP contribution < -0.4 is 11.1 Å². The first-order valence-electron chi connectivity index (χ1n) is 7.61. The molecule has 21 heavy (non-hydrogen) atoms. The van der Waals surface area contributed by atoms with Crippen molar-refractivity contribution in [2.45, 2.75) is 25.8 Å². The van der Waals surface area contributed by atoms with E-state index in [0.717, 1.165) is 31.7 Å². The Labute approximate surface area is 127 Å². The minimum absolute atomic E-state index is 0.000608. The lowest BCUT2D eigenvalue weighted by Gasteiger charge is -2.33. The lowest BCUT2D eigenvalue weighted by atomic mass is 10.0. The van der Waals surface area contributed by atoms with Gasteiger partial charge in [0.15, 0.2) is 0 Å². The summed E-state index contributed by atoms with van der Waals surface area (Å²) < 4.78 is 0. The number of carbonyl (C=O) groups excluding carboxylic acids is 1. The molecule has 5 heteroatoms. The first kappa shape index (κ1) is 15.6. The zero-order valence-electron chi connectivity index (χ0n) is 13.2. The number of piperidine rings is 1. The molecule has 1 heterocycles. The second kappa shape index (κ2) is 6.80. The van der Waals surface area contributed by atoms with Crippen molar-refractivity contribution in [1.29, 1.82) is 0 Å². The molecule has 1 unspecified atom stereocenters. The molecule has 1 aromatic rings. The number of nitrogens with zero attached hydrogens (tertiary/aromatic N) is 2. The van der Waals surface area contributed by atoms with Gasteiger partial charge in [-0.25, -0.2) is 0 Å². The maximum absolute atomic E-state index is 12.3. The van der Waals surface area contributed by atoms with E-state index in [0.29, 0.717) is 17.3 Å². The van der Waals surface area contributed by atoms with Gasteiger partial charge in [0.2, 0.25) is 0 Å². The minimum atomic E-state index is 0.000608. The normalized spacial score (nSPS) is 19.3. The SMILES string of the molecule is CCN1CCCC(Nc2cc(N)ccc2C(=O)N(C)C)C1. The molecule has 0 saturated carbocycles. The van der Waals surface area contributed by atoms with Crippen LogP contribution in [0.2, 0.25) is 0 Å². The highest BCUT2D eigenvalue weighted by Gasteiger charge is 2.21. The zero-order chi connectivity index (χ0) is 15.4. The van der Waals surface area contributed by atoms with E-state index < -0.39 is 0 Å². The van der Waals surface area contributed by atoms with Crippen LogP contribution >= 0.6 is 0 Å². The number of benzene rings is 1. The summed E-state index contributed by atoms with van der Waals surface area (Å²) in [7, 11) is 3.53. The quantitative estimate of drug-likeness (QED) is 0.831. The second-order valence-corrected chi connectivity index (χ2v) is 5.88. The van der Waals surface area contributed by atoms with Crippen LogP contribution in [0.25, 0.3) is 0 Å². The predicted octanol–water partition coefficient (Wildman–Crippen LogP) is 1.87. The van der Waals surface area contributed by atoms with Crippen molar-refractivity contribution in [3.8, 4) is 0 Å². The van der Waals surface area contributed by atoms with E-state index in [1.165, 1.54) is 6.42 Å². The van der Waals surface area contributed by atoms with Crippen LogP contribution in [-0.2, 0) is 0 Å². The third-order valence-corrected chi connectivity index (χ3v) is 3.99. The van der Waals surface area contributed by atoms with Gasteiger partial charge in [-0.15, -0.1) is 0 Å². The molecule has 1 amide bonds. The number of anilines is 2. The molecular formula is C16H26N4O. The highest BCUT2D eigenvalue weighted by molar-refractivity contribution is 6.00. The number of hydrogen-bond acceptors (Lipinski definition) is 4. The summed E-state index contributed by atoms with van der Waals surface area (Å²) in [6.07, 6.45) is 2.31. The molecule has 1 aliphatic heterocycles. The molecule has 1 aromatic carbocycles. The Morgan fingerprint density at radius 2 is 2.24 bits per heavy atom. The summed E-state index contributed by atoms with van der Waals surface area (Å²) in [5, 5.41) is 3.52. The lowest BCUT2D eigenvalue weighted by Crippen LogP contribution is -2.42. The maximum Gasteiger partial charge on any atom is 0.255 e. The van der Waals surface area contributed by atoms with Crippen molar-refractivity contribution in [2.24, 2.45) is 0 Å². The van der Waals surface area contributed by atoms with Crippen LogP contribution in [0.15, 0.2) is 18.2 Å². The number of amides is 1. The molecule has 2 rings (SSSR count). The molecule has 0 aromatic heterocycles. The van der Waals surface area contributed by atoms with Crippen molar-refractivity contribution < 1.29 is 4.79 Å². The summed E-state index contributed by atoms with van der Waals surface area (Å²) >= 11 is 0. The second-order valence-electron chi connectivity index (χ2n) is 5.88. The number of rotatable bonds is 4.